The minimum atomic E-state index is 0.196. The standard InChI is InChI=1S/C15H23NO3/c1-16-9-8-13(11-16)19-14-7-3-5-12(6-4-10-17)15(14)18-2/h3,5,7,13,17H,4,6,8-11H2,1-2H3. The van der Waals surface area contributed by atoms with Crippen LogP contribution in [0.5, 0.6) is 11.5 Å². The average Bonchev–Trinajstić information content (AvgIpc) is 2.82. The van der Waals surface area contributed by atoms with Crippen molar-refractivity contribution in [1.29, 1.82) is 0 Å². The Hall–Kier alpha value is -1.26. The van der Waals surface area contributed by atoms with Crippen LogP contribution in [0.4, 0.5) is 0 Å². The summed E-state index contributed by atoms with van der Waals surface area (Å²) in [5, 5.41) is 8.94. The lowest BCUT2D eigenvalue weighted by Crippen LogP contribution is -2.21. The molecule has 0 amide bonds. The van der Waals surface area contributed by atoms with E-state index in [4.69, 9.17) is 14.6 Å². The van der Waals surface area contributed by atoms with Gasteiger partial charge in [0.2, 0.25) is 0 Å². The Kier molecular flexibility index (Phi) is 5.05. The molecule has 1 heterocycles. The quantitative estimate of drug-likeness (QED) is 0.850. The number of ether oxygens (including phenoxy) is 2. The Balaban J connectivity index is 2.10. The molecule has 1 aromatic carbocycles. The van der Waals surface area contributed by atoms with Crippen molar-refractivity contribution in [2.75, 3.05) is 33.9 Å². The molecule has 1 N–H and O–H groups in total. The van der Waals surface area contributed by atoms with Crippen molar-refractivity contribution < 1.29 is 14.6 Å². The Bertz CT molecular complexity index is 408. The van der Waals surface area contributed by atoms with Crippen LogP contribution < -0.4 is 9.47 Å². The van der Waals surface area contributed by atoms with E-state index in [1.807, 2.05) is 18.2 Å². The number of aryl methyl sites for hydroxylation is 1. The lowest BCUT2D eigenvalue weighted by molar-refractivity contribution is 0.199. The highest BCUT2D eigenvalue weighted by Crippen LogP contribution is 2.33. The van der Waals surface area contributed by atoms with Crippen LogP contribution in [0.1, 0.15) is 18.4 Å². The smallest absolute Gasteiger partial charge is 0.163 e. The molecular formula is C15H23NO3. The fraction of sp³-hybridized carbons (Fsp3) is 0.600. The van der Waals surface area contributed by atoms with Gasteiger partial charge in [0.25, 0.3) is 0 Å². The van der Waals surface area contributed by atoms with Crippen LogP contribution in [0.15, 0.2) is 18.2 Å². The lowest BCUT2D eigenvalue weighted by Gasteiger charge is -2.18. The van der Waals surface area contributed by atoms with Gasteiger partial charge in [0.05, 0.1) is 7.11 Å². The summed E-state index contributed by atoms with van der Waals surface area (Å²) in [6, 6.07) is 5.98. The van der Waals surface area contributed by atoms with E-state index in [2.05, 4.69) is 11.9 Å². The fourth-order valence-electron chi connectivity index (χ4n) is 2.52. The molecule has 0 aliphatic carbocycles. The molecule has 106 valence electrons. The zero-order chi connectivity index (χ0) is 13.7. The zero-order valence-corrected chi connectivity index (χ0v) is 11.8. The predicted molar refractivity (Wildman–Crippen MR) is 74.9 cm³/mol. The summed E-state index contributed by atoms with van der Waals surface area (Å²) >= 11 is 0. The van der Waals surface area contributed by atoms with Crippen molar-refractivity contribution in [2.24, 2.45) is 0 Å². The maximum atomic E-state index is 8.94. The van der Waals surface area contributed by atoms with Gasteiger partial charge in [-0.05, 0) is 37.9 Å². The second-order valence-corrected chi connectivity index (χ2v) is 5.07. The van der Waals surface area contributed by atoms with Crippen LogP contribution in [0.25, 0.3) is 0 Å². The molecule has 2 rings (SSSR count). The Labute approximate surface area is 114 Å². The Morgan fingerprint density at radius 3 is 2.89 bits per heavy atom. The molecule has 1 aromatic rings. The fourth-order valence-corrected chi connectivity index (χ4v) is 2.52. The minimum absolute atomic E-state index is 0.196. The first-order valence-corrected chi connectivity index (χ1v) is 6.86. The van der Waals surface area contributed by atoms with E-state index in [0.29, 0.717) is 0 Å². The van der Waals surface area contributed by atoms with E-state index in [1.54, 1.807) is 7.11 Å². The van der Waals surface area contributed by atoms with Gasteiger partial charge in [-0.1, -0.05) is 12.1 Å². The van der Waals surface area contributed by atoms with Gasteiger partial charge in [-0.3, -0.25) is 0 Å². The van der Waals surface area contributed by atoms with E-state index < -0.39 is 0 Å². The summed E-state index contributed by atoms with van der Waals surface area (Å²) in [7, 11) is 3.78. The third-order valence-electron chi connectivity index (χ3n) is 3.51. The van der Waals surface area contributed by atoms with Gasteiger partial charge in [-0.15, -0.1) is 0 Å². The summed E-state index contributed by atoms with van der Waals surface area (Å²) in [6.07, 6.45) is 2.85. The van der Waals surface area contributed by atoms with E-state index in [9.17, 15) is 0 Å². The molecule has 0 spiro atoms. The number of rotatable bonds is 6. The first-order chi connectivity index (χ1) is 9.24. The molecule has 4 nitrogen and oxygen atoms in total. The van der Waals surface area contributed by atoms with Crippen LogP contribution in [0.2, 0.25) is 0 Å². The number of para-hydroxylation sites is 1. The SMILES string of the molecule is COc1c(CCCO)cccc1OC1CCN(C)C1. The van der Waals surface area contributed by atoms with Crippen molar-refractivity contribution >= 4 is 0 Å². The number of likely N-dealkylation sites (N-methyl/N-ethyl adjacent to an activating group) is 1. The van der Waals surface area contributed by atoms with Gasteiger partial charge in [0.15, 0.2) is 11.5 Å². The topological polar surface area (TPSA) is 41.9 Å². The van der Waals surface area contributed by atoms with E-state index in [0.717, 1.165) is 49.4 Å². The third-order valence-corrected chi connectivity index (χ3v) is 3.51. The summed E-state index contributed by atoms with van der Waals surface area (Å²) < 4.78 is 11.5. The minimum Gasteiger partial charge on any atom is -0.493 e. The highest BCUT2D eigenvalue weighted by molar-refractivity contribution is 5.46. The van der Waals surface area contributed by atoms with Crippen LogP contribution >= 0.6 is 0 Å². The van der Waals surface area contributed by atoms with Gasteiger partial charge in [0, 0.05) is 19.7 Å². The van der Waals surface area contributed by atoms with Crippen LogP contribution in [0.3, 0.4) is 0 Å². The maximum Gasteiger partial charge on any atom is 0.163 e. The zero-order valence-electron chi connectivity index (χ0n) is 11.8. The number of nitrogens with zero attached hydrogens (tertiary/aromatic N) is 1. The number of benzene rings is 1. The van der Waals surface area contributed by atoms with Gasteiger partial charge in [-0.25, -0.2) is 0 Å². The molecule has 0 saturated carbocycles. The predicted octanol–water partition coefficient (Wildman–Crippen LogP) is 1.70. The molecule has 0 aromatic heterocycles. The Morgan fingerprint density at radius 2 is 2.26 bits per heavy atom. The number of methoxy groups -OCH3 is 1. The van der Waals surface area contributed by atoms with Crippen LogP contribution in [-0.2, 0) is 6.42 Å². The second kappa shape index (κ2) is 6.78. The van der Waals surface area contributed by atoms with Crippen molar-refractivity contribution in [3.63, 3.8) is 0 Å². The number of likely N-dealkylation sites (tertiary alicyclic amines) is 1. The van der Waals surface area contributed by atoms with E-state index in [1.165, 1.54) is 0 Å². The van der Waals surface area contributed by atoms with Crippen molar-refractivity contribution in [3.05, 3.63) is 23.8 Å². The third kappa shape index (κ3) is 3.61. The molecular weight excluding hydrogens is 242 g/mol. The summed E-state index contributed by atoms with van der Waals surface area (Å²) in [6.45, 7) is 2.24. The monoisotopic (exact) mass is 265 g/mol. The molecule has 0 radical (unpaired) electrons. The average molecular weight is 265 g/mol. The Morgan fingerprint density at radius 1 is 1.42 bits per heavy atom. The largest absolute Gasteiger partial charge is 0.493 e. The van der Waals surface area contributed by atoms with E-state index >= 15 is 0 Å². The summed E-state index contributed by atoms with van der Waals surface area (Å²) in [5.74, 6) is 1.63. The molecule has 4 heteroatoms. The molecule has 1 atom stereocenters. The second-order valence-electron chi connectivity index (χ2n) is 5.07. The van der Waals surface area contributed by atoms with Crippen molar-refractivity contribution in [3.8, 4) is 11.5 Å². The number of hydrogen-bond donors (Lipinski definition) is 1. The number of aliphatic hydroxyl groups excluding tert-OH is 1. The number of hydrogen-bond acceptors (Lipinski definition) is 4. The molecule has 1 fully saturated rings. The molecule has 1 unspecified atom stereocenters. The molecule has 0 bridgehead atoms. The van der Waals surface area contributed by atoms with Crippen LogP contribution in [-0.4, -0.2) is 50.0 Å². The van der Waals surface area contributed by atoms with Gasteiger partial charge < -0.3 is 19.5 Å². The lowest BCUT2D eigenvalue weighted by atomic mass is 10.1. The molecule has 1 saturated heterocycles. The molecule has 1 aliphatic rings. The molecule has 19 heavy (non-hydrogen) atoms. The first kappa shape index (κ1) is 14.2. The van der Waals surface area contributed by atoms with Crippen molar-refractivity contribution in [1.82, 2.24) is 4.90 Å². The van der Waals surface area contributed by atoms with Gasteiger partial charge >= 0.3 is 0 Å². The maximum absolute atomic E-state index is 8.94. The van der Waals surface area contributed by atoms with Crippen molar-refractivity contribution in [2.45, 2.75) is 25.4 Å². The van der Waals surface area contributed by atoms with Gasteiger partial charge in [-0.2, -0.15) is 0 Å². The summed E-state index contributed by atoms with van der Waals surface area (Å²) in [5.41, 5.74) is 1.10. The van der Waals surface area contributed by atoms with Gasteiger partial charge in [0.1, 0.15) is 6.10 Å². The van der Waals surface area contributed by atoms with Crippen LogP contribution in [0, 0.1) is 0 Å². The summed E-state index contributed by atoms with van der Waals surface area (Å²) in [4.78, 5) is 2.27. The van der Waals surface area contributed by atoms with E-state index in [-0.39, 0.29) is 12.7 Å². The first-order valence-electron chi connectivity index (χ1n) is 6.86. The highest BCUT2D eigenvalue weighted by atomic mass is 16.5. The normalized spacial score (nSPS) is 19.6. The number of aliphatic hydroxyl groups is 1. The molecule has 1 aliphatic heterocycles. The highest BCUT2D eigenvalue weighted by Gasteiger charge is 2.22.